The van der Waals surface area contributed by atoms with Crippen molar-refractivity contribution < 1.29 is 23.1 Å². The number of hydrogen-bond acceptors (Lipinski definition) is 4. The normalized spacial score (nSPS) is 11.4. The number of hydrogen-bond donors (Lipinski definition) is 0. The van der Waals surface area contributed by atoms with E-state index in [0.29, 0.717) is 12.8 Å². The van der Waals surface area contributed by atoms with E-state index < -0.39 is 7.82 Å². The van der Waals surface area contributed by atoms with Crippen molar-refractivity contribution in [3.63, 3.8) is 0 Å². The monoisotopic (exact) mass is 460 g/mol. The number of phosphoric acid groups is 1. The SMILES string of the molecule is CCCCCCCCCCCCn1cc[n+](CCC)c1.CCCOP(=O)([O-])OCCC. The number of aromatic nitrogens is 2. The van der Waals surface area contributed by atoms with Gasteiger partial charge in [-0.15, -0.1) is 0 Å². The van der Waals surface area contributed by atoms with Crippen LogP contribution in [-0.4, -0.2) is 17.8 Å². The Labute approximate surface area is 192 Å². The molecular formula is C24H49N2O4P. The van der Waals surface area contributed by atoms with E-state index in [0.717, 1.165) is 6.54 Å². The molecule has 1 rings (SSSR count). The quantitative estimate of drug-likeness (QED) is 0.136. The van der Waals surface area contributed by atoms with Gasteiger partial charge in [0.1, 0.15) is 12.4 Å². The van der Waals surface area contributed by atoms with E-state index >= 15 is 0 Å². The first kappa shape index (κ1) is 30.3. The average molecular weight is 461 g/mol. The molecule has 0 amide bonds. The topological polar surface area (TPSA) is 67.4 Å². The fraction of sp³-hybridized carbons (Fsp3) is 0.875. The first-order valence-electron chi connectivity index (χ1n) is 12.6. The number of aryl methyl sites for hydroxylation is 2. The number of rotatable bonds is 19. The number of nitrogens with zero attached hydrogens (tertiary/aromatic N) is 2. The van der Waals surface area contributed by atoms with Gasteiger partial charge in [0.25, 0.3) is 7.82 Å². The molecule has 1 aromatic heterocycles. The molecule has 0 fully saturated rings. The fourth-order valence-electron chi connectivity index (χ4n) is 3.19. The highest BCUT2D eigenvalue weighted by Crippen LogP contribution is 2.38. The van der Waals surface area contributed by atoms with Crippen molar-refractivity contribution in [2.75, 3.05) is 13.2 Å². The molecule has 0 aromatic carbocycles. The third-order valence-electron chi connectivity index (χ3n) is 4.90. The molecule has 0 aliphatic rings. The second-order valence-corrected chi connectivity index (χ2v) is 9.60. The highest BCUT2D eigenvalue weighted by Gasteiger charge is 2.06. The molecule has 1 heterocycles. The Morgan fingerprint density at radius 2 is 1.29 bits per heavy atom. The van der Waals surface area contributed by atoms with Crippen molar-refractivity contribution in [2.45, 2.75) is 124 Å². The first-order valence-corrected chi connectivity index (χ1v) is 14.1. The second kappa shape index (κ2) is 21.2. The van der Waals surface area contributed by atoms with E-state index in [-0.39, 0.29) is 13.2 Å². The number of imidazole rings is 1. The number of phosphoric ester groups is 1. The highest BCUT2D eigenvalue weighted by molar-refractivity contribution is 7.45. The molecule has 184 valence electrons. The summed E-state index contributed by atoms with van der Waals surface area (Å²) in [5.74, 6) is 0. The third-order valence-corrected chi connectivity index (χ3v) is 5.90. The van der Waals surface area contributed by atoms with Gasteiger partial charge >= 0.3 is 0 Å². The lowest BCUT2D eigenvalue weighted by atomic mass is 10.1. The summed E-state index contributed by atoms with van der Waals surface area (Å²) in [4.78, 5) is 10.7. The average Bonchev–Trinajstić information content (AvgIpc) is 3.20. The van der Waals surface area contributed by atoms with E-state index in [1.807, 2.05) is 13.8 Å². The van der Waals surface area contributed by atoms with Gasteiger partial charge in [-0.05, 0) is 32.1 Å². The Kier molecular flexibility index (Phi) is 20.7. The summed E-state index contributed by atoms with van der Waals surface area (Å²) in [5, 5.41) is 0. The molecule has 0 N–H and O–H groups in total. The molecular weight excluding hydrogens is 411 g/mol. The van der Waals surface area contributed by atoms with Crippen LogP contribution in [0.15, 0.2) is 18.7 Å². The van der Waals surface area contributed by atoms with Crippen LogP contribution in [0.1, 0.15) is 111 Å². The van der Waals surface area contributed by atoms with Crippen LogP contribution >= 0.6 is 7.82 Å². The molecule has 0 aliphatic carbocycles. The van der Waals surface area contributed by atoms with Crippen LogP contribution in [0.3, 0.4) is 0 Å². The van der Waals surface area contributed by atoms with Gasteiger partial charge in [0.05, 0.1) is 26.3 Å². The largest absolute Gasteiger partial charge is 0.756 e. The van der Waals surface area contributed by atoms with Gasteiger partial charge < -0.3 is 13.9 Å². The maximum Gasteiger partial charge on any atom is 0.267 e. The Morgan fingerprint density at radius 3 is 1.77 bits per heavy atom. The van der Waals surface area contributed by atoms with Crippen molar-refractivity contribution >= 4 is 7.82 Å². The standard InChI is InChI=1S/C18H35N2.C6H15O4P/c1-3-5-6-7-8-9-10-11-12-13-15-20-17-16-19(18-20)14-4-2;1-3-5-9-11(7,8)10-6-4-2/h16-18H,3-15H2,1-2H3;3-6H2,1-2H3,(H,7,8)/q+1;/p-1. The molecule has 0 aliphatic heterocycles. The summed E-state index contributed by atoms with van der Waals surface area (Å²) in [6.45, 7) is 10.9. The molecule has 0 radical (unpaired) electrons. The Morgan fingerprint density at radius 1 is 0.774 bits per heavy atom. The fourth-order valence-corrected chi connectivity index (χ4v) is 4.07. The molecule has 0 bridgehead atoms. The predicted molar refractivity (Wildman–Crippen MR) is 127 cm³/mol. The van der Waals surface area contributed by atoms with Crippen LogP contribution in [0.5, 0.6) is 0 Å². The lowest BCUT2D eigenvalue weighted by Gasteiger charge is -2.21. The summed E-state index contributed by atoms with van der Waals surface area (Å²) in [6.07, 6.45) is 23.4. The van der Waals surface area contributed by atoms with Gasteiger partial charge in [-0.25, -0.2) is 9.13 Å². The van der Waals surface area contributed by atoms with E-state index in [9.17, 15) is 9.46 Å². The summed E-state index contributed by atoms with van der Waals surface area (Å²) in [5.41, 5.74) is 0. The van der Waals surface area contributed by atoms with E-state index in [2.05, 4.69) is 50.8 Å². The van der Waals surface area contributed by atoms with Crippen molar-refractivity contribution in [3.8, 4) is 0 Å². The van der Waals surface area contributed by atoms with Crippen LogP contribution in [-0.2, 0) is 26.7 Å². The Balaban J connectivity index is 0.000000695. The lowest BCUT2D eigenvalue weighted by molar-refractivity contribution is -0.696. The summed E-state index contributed by atoms with van der Waals surface area (Å²) >= 11 is 0. The van der Waals surface area contributed by atoms with Gasteiger partial charge in [0, 0.05) is 0 Å². The first-order chi connectivity index (χ1) is 15.0. The van der Waals surface area contributed by atoms with E-state index in [1.165, 1.54) is 77.2 Å². The molecule has 0 saturated heterocycles. The van der Waals surface area contributed by atoms with Gasteiger partial charge in [0.15, 0.2) is 0 Å². The van der Waals surface area contributed by atoms with Gasteiger partial charge in [-0.3, -0.25) is 4.57 Å². The molecule has 0 atom stereocenters. The Bertz CT molecular complexity index is 539. The highest BCUT2D eigenvalue weighted by atomic mass is 31.2. The summed E-state index contributed by atoms with van der Waals surface area (Å²) in [7, 11) is -3.98. The van der Waals surface area contributed by atoms with Crippen molar-refractivity contribution in [2.24, 2.45) is 0 Å². The van der Waals surface area contributed by atoms with E-state index in [1.54, 1.807) is 0 Å². The predicted octanol–water partition coefficient (Wildman–Crippen LogP) is 6.41. The molecule has 7 heteroatoms. The minimum absolute atomic E-state index is 0.199. The maximum absolute atomic E-state index is 10.7. The van der Waals surface area contributed by atoms with Gasteiger partial charge in [-0.1, -0.05) is 79.1 Å². The van der Waals surface area contributed by atoms with Crippen LogP contribution < -0.4 is 9.46 Å². The maximum atomic E-state index is 10.7. The van der Waals surface area contributed by atoms with Crippen molar-refractivity contribution in [3.05, 3.63) is 18.7 Å². The smallest absolute Gasteiger partial charge is 0.267 e. The van der Waals surface area contributed by atoms with Crippen LogP contribution in [0.2, 0.25) is 0 Å². The van der Waals surface area contributed by atoms with Crippen molar-refractivity contribution in [1.82, 2.24) is 4.57 Å². The second-order valence-electron chi connectivity index (χ2n) is 8.18. The summed E-state index contributed by atoms with van der Waals surface area (Å²) < 4.78 is 24.3. The van der Waals surface area contributed by atoms with Crippen molar-refractivity contribution in [1.29, 1.82) is 0 Å². The zero-order valence-corrected chi connectivity index (χ0v) is 21.6. The number of unbranched alkanes of at least 4 members (excludes halogenated alkanes) is 9. The summed E-state index contributed by atoms with van der Waals surface area (Å²) in [6, 6.07) is 0. The Hall–Kier alpha value is -0.680. The van der Waals surface area contributed by atoms with Gasteiger partial charge in [-0.2, -0.15) is 0 Å². The van der Waals surface area contributed by atoms with Crippen LogP contribution in [0.25, 0.3) is 0 Å². The molecule has 0 saturated carbocycles. The molecule has 6 nitrogen and oxygen atoms in total. The zero-order valence-electron chi connectivity index (χ0n) is 20.7. The minimum Gasteiger partial charge on any atom is -0.756 e. The third kappa shape index (κ3) is 19.7. The molecule has 0 unspecified atom stereocenters. The van der Waals surface area contributed by atoms with Crippen LogP contribution in [0, 0.1) is 0 Å². The molecule has 31 heavy (non-hydrogen) atoms. The van der Waals surface area contributed by atoms with Gasteiger partial charge in [0.2, 0.25) is 6.33 Å². The molecule has 1 aromatic rings. The minimum atomic E-state index is -3.98. The zero-order chi connectivity index (χ0) is 23.2. The van der Waals surface area contributed by atoms with E-state index in [4.69, 9.17) is 0 Å². The molecule has 0 spiro atoms. The lowest BCUT2D eigenvalue weighted by Crippen LogP contribution is -2.30. The van der Waals surface area contributed by atoms with Crippen LogP contribution in [0.4, 0.5) is 0 Å².